The third kappa shape index (κ3) is 2.30. The quantitative estimate of drug-likeness (QED) is 0.846. The Labute approximate surface area is 96.6 Å². The predicted octanol–water partition coefficient (Wildman–Crippen LogP) is 2.21. The Morgan fingerprint density at radius 3 is 3.06 bits per heavy atom. The number of ether oxygens (including phenoxy) is 1. The molecule has 3 nitrogen and oxygen atoms in total. The van der Waals surface area contributed by atoms with Crippen molar-refractivity contribution in [1.82, 2.24) is 4.90 Å². The zero-order chi connectivity index (χ0) is 11.5. The van der Waals surface area contributed by atoms with Crippen LogP contribution in [0.25, 0.3) is 0 Å². The van der Waals surface area contributed by atoms with E-state index in [4.69, 9.17) is 4.74 Å². The Kier molecular flexibility index (Phi) is 3.34. The summed E-state index contributed by atoms with van der Waals surface area (Å²) in [7, 11) is 2.13. The summed E-state index contributed by atoms with van der Waals surface area (Å²) in [5.41, 5.74) is 1.14. The fourth-order valence-electron chi connectivity index (χ4n) is 2.27. The average Bonchev–Trinajstić information content (AvgIpc) is 2.61. The van der Waals surface area contributed by atoms with Gasteiger partial charge in [-0.05, 0) is 38.2 Å². The number of phenolic OH excluding ortho intramolecular Hbond substituents is 1. The molecule has 1 unspecified atom stereocenters. The Morgan fingerprint density at radius 1 is 1.50 bits per heavy atom. The van der Waals surface area contributed by atoms with Crippen molar-refractivity contribution in [2.45, 2.75) is 19.3 Å². The van der Waals surface area contributed by atoms with Crippen LogP contribution in [0.15, 0.2) is 18.2 Å². The molecule has 16 heavy (non-hydrogen) atoms. The highest BCUT2D eigenvalue weighted by atomic mass is 16.5. The summed E-state index contributed by atoms with van der Waals surface area (Å²) in [6, 6.07) is 5.36. The van der Waals surface area contributed by atoms with Crippen LogP contribution in [0.3, 0.4) is 0 Å². The van der Waals surface area contributed by atoms with Gasteiger partial charge in [-0.25, -0.2) is 0 Å². The number of hydrogen-bond donors (Lipinski definition) is 1. The SMILES string of the molecule is CCCN(C)CC1COc2ccc(O)cc21. The Hall–Kier alpha value is -1.22. The van der Waals surface area contributed by atoms with Crippen LogP contribution in [-0.4, -0.2) is 36.8 Å². The molecule has 0 amide bonds. The summed E-state index contributed by atoms with van der Waals surface area (Å²) in [6.45, 7) is 5.00. The molecule has 0 bridgehead atoms. The second-order valence-electron chi connectivity index (χ2n) is 4.49. The van der Waals surface area contributed by atoms with Crippen molar-refractivity contribution < 1.29 is 9.84 Å². The standard InChI is InChI=1S/C13H19NO2/c1-3-6-14(2)8-10-9-16-13-5-4-11(15)7-12(10)13/h4-5,7,10,15H,3,6,8-9H2,1-2H3. The smallest absolute Gasteiger partial charge is 0.123 e. The Balaban J connectivity index is 2.08. The van der Waals surface area contributed by atoms with Crippen molar-refractivity contribution in [3.05, 3.63) is 23.8 Å². The molecule has 3 heteroatoms. The van der Waals surface area contributed by atoms with E-state index in [2.05, 4.69) is 18.9 Å². The van der Waals surface area contributed by atoms with E-state index in [1.165, 1.54) is 0 Å². The van der Waals surface area contributed by atoms with E-state index in [0.717, 1.165) is 37.4 Å². The lowest BCUT2D eigenvalue weighted by Gasteiger charge is -2.19. The highest BCUT2D eigenvalue weighted by Gasteiger charge is 2.25. The van der Waals surface area contributed by atoms with Gasteiger partial charge in [-0.15, -0.1) is 0 Å². The fourth-order valence-corrected chi connectivity index (χ4v) is 2.27. The van der Waals surface area contributed by atoms with Crippen molar-refractivity contribution in [3.8, 4) is 11.5 Å². The molecule has 1 N–H and O–H groups in total. The van der Waals surface area contributed by atoms with Crippen molar-refractivity contribution in [1.29, 1.82) is 0 Å². The molecule has 1 heterocycles. The number of likely N-dealkylation sites (N-methyl/N-ethyl adjacent to an activating group) is 1. The molecule has 0 spiro atoms. The van der Waals surface area contributed by atoms with Crippen molar-refractivity contribution in [3.63, 3.8) is 0 Å². The van der Waals surface area contributed by atoms with E-state index in [9.17, 15) is 5.11 Å². The lowest BCUT2D eigenvalue weighted by molar-refractivity contribution is 0.267. The topological polar surface area (TPSA) is 32.7 Å². The summed E-state index contributed by atoms with van der Waals surface area (Å²) >= 11 is 0. The first-order valence-electron chi connectivity index (χ1n) is 5.85. The minimum absolute atomic E-state index is 0.326. The van der Waals surface area contributed by atoms with Crippen LogP contribution in [-0.2, 0) is 0 Å². The highest BCUT2D eigenvalue weighted by Crippen LogP contribution is 2.36. The predicted molar refractivity (Wildman–Crippen MR) is 64.1 cm³/mol. The van der Waals surface area contributed by atoms with E-state index in [0.29, 0.717) is 11.7 Å². The number of benzene rings is 1. The second kappa shape index (κ2) is 4.74. The van der Waals surface area contributed by atoms with Gasteiger partial charge in [0.05, 0.1) is 6.61 Å². The van der Waals surface area contributed by atoms with Crippen LogP contribution in [0, 0.1) is 0 Å². The fraction of sp³-hybridized carbons (Fsp3) is 0.538. The molecule has 1 aliphatic rings. The summed E-state index contributed by atoms with van der Waals surface area (Å²) in [6.07, 6.45) is 1.16. The lowest BCUT2D eigenvalue weighted by Crippen LogP contribution is -2.26. The van der Waals surface area contributed by atoms with Crippen molar-refractivity contribution >= 4 is 0 Å². The van der Waals surface area contributed by atoms with E-state index < -0.39 is 0 Å². The Morgan fingerprint density at radius 2 is 2.31 bits per heavy atom. The number of fused-ring (bicyclic) bond motifs is 1. The number of nitrogens with zero attached hydrogens (tertiary/aromatic N) is 1. The minimum Gasteiger partial charge on any atom is -0.508 e. The largest absolute Gasteiger partial charge is 0.508 e. The molecular formula is C13H19NO2. The molecule has 1 aliphatic heterocycles. The van der Waals surface area contributed by atoms with Gasteiger partial charge in [0, 0.05) is 18.0 Å². The van der Waals surface area contributed by atoms with E-state index in [-0.39, 0.29) is 0 Å². The molecule has 0 aliphatic carbocycles. The van der Waals surface area contributed by atoms with Gasteiger partial charge in [0.2, 0.25) is 0 Å². The highest BCUT2D eigenvalue weighted by molar-refractivity contribution is 5.44. The first kappa shape index (κ1) is 11.3. The number of aromatic hydroxyl groups is 1. The normalized spacial score (nSPS) is 18.6. The summed E-state index contributed by atoms with van der Waals surface area (Å²) in [5, 5.41) is 9.48. The summed E-state index contributed by atoms with van der Waals surface area (Å²) < 4.78 is 5.61. The van der Waals surface area contributed by atoms with Gasteiger partial charge in [0.25, 0.3) is 0 Å². The van der Waals surface area contributed by atoms with Crippen LogP contribution in [0.1, 0.15) is 24.8 Å². The van der Waals surface area contributed by atoms with Crippen LogP contribution < -0.4 is 4.74 Å². The van der Waals surface area contributed by atoms with Crippen molar-refractivity contribution in [2.75, 3.05) is 26.7 Å². The van der Waals surface area contributed by atoms with Gasteiger partial charge in [-0.1, -0.05) is 6.92 Å². The molecule has 1 atom stereocenters. The molecule has 1 aromatic carbocycles. The van der Waals surface area contributed by atoms with Gasteiger partial charge in [-0.2, -0.15) is 0 Å². The summed E-state index contributed by atoms with van der Waals surface area (Å²) in [4.78, 5) is 2.31. The van der Waals surface area contributed by atoms with Crippen LogP contribution in [0.2, 0.25) is 0 Å². The maximum absolute atomic E-state index is 9.48. The van der Waals surface area contributed by atoms with Gasteiger partial charge in [0.15, 0.2) is 0 Å². The van der Waals surface area contributed by atoms with Gasteiger partial charge >= 0.3 is 0 Å². The Bertz CT molecular complexity index is 365. The maximum Gasteiger partial charge on any atom is 0.123 e. The van der Waals surface area contributed by atoms with Gasteiger partial charge in [-0.3, -0.25) is 0 Å². The second-order valence-corrected chi connectivity index (χ2v) is 4.49. The molecule has 1 aromatic rings. The zero-order valence-electron chi connectivity index (χ0n) is 9.94. The van der Waals surface area contributed by atoms with Crippen molar-refractivity contribution in [2.24, 2.45) is 0 Å². The van der Waals surface area contributed by atoms with Crippen LogP contribution in [0.5, 0.6) is 11.5 Å². The molecule has 2 rings (SSSR count). The molecular weight excluding hydrogens is 202 g/mol. The lowest BCUT2D eigenvalue weighted by atomic mass is 10.0. The number of phenols is 1. The average molecular weight is 221 g/mol. The summed E-state index contributed by atoms with van der Waals surface area (Å²) in [5.74, 6) is 1.64. The first-order chi connectivity index (χ1) is 7.70. The van der Waals surface area contributed by atoms with Gasteiger partial charge in [0.1, 0.15) is 11.5 Å². The minimum atomic E-state index is 0.326. The van der Waals surface area contributed by atoms with E-state index in [1.807, 2.05) is 12.1 Å². The third-order valence-corrected chi connectivity index (χ3v) is 3.01. The zero-order valence-corrected chi connectivity index (χ0v) is 9.94. The third-order valence-electron chi connectivity index (χ3n) is 3.01. The monoisotopic (exact) mass is 221 g/mol. The molecule has 0 saturated heterocycles. The molecule has 0 radical (unpaired) electrons. The number of hydrogen-bond acceptors (Lipinski definition) is 3. The number of rotatable bonds is 4. The molecule has 0 aromatic heterocycles. The van der Waals surface area contributed by atoms with Crippen LogP contribution in [0.4, 0.5) is 0 Å². The molecule has 0 fully saturated rings. The molecule has 88 valence electrons. The first-order valence-corrected chi connectivity index (χ1v) is 5.85. The van der Waals surface area contributed by atoms with Crippen LogP contribution >= 0.6 is 0 Å². The van der Waals surface area contributed by atoms with Gasteiger partial charge < -0.3 is 14.7 Å². The van der Waals surface area contributed by atoms with E-state index in [1.54, 1.807) is 6.07 Å². The maximum atomic E-state index is 9.48. The molecule has 0 saturated carbocycles. The van der Waals surface area contributed by atoms with E-state index >= 15 is 0 Å².